The van der Waals surface area contributed by atoms with Gasteiger partial charge in [-0.05, 0) is 164 Å². The van der Waals surface area contributed by atoms with E-state index in [4.69, 9.17) is 0 Å². The number of anilines is 12. The van der Waals surface area contributed by atoms with Crippen LogP contribution < -0.4 is 36.0 Å². The Bertz CT molecular complexity index is 4460. The van der Waals surface area contributed by atoms with Gasteiger partial charge in [-0.1, -0.05) is 218 Å². The molecule has 3 heterocycles. The number of para-hydroxylation sites is 4. The van der Waals surface area contributed by atoms with E-state index in [1.54, 1.807) is 0 Å². The molecule has 0 amide bonds. The molecule has 0 atom stereocenters. The van der Waals surface area contributed by atoms with Crippen LogP contribution in [0.5, 0.6) is 0 Å². The number of nitrogens with zero attached hydrogens (tertiary/aromatic N) is 4. The SMILES string of the molecule is c1ccc(-c2ccc(N3c4cc(N(c5ccccc5)c5ccccc5)ccc4B4c5cc(-c6ccccc6)cc6c5N(c5ccc(-c7ccccc7)cc5-c5ccccc5-6)c5cc(N(c6ccccc6)c6ccccc6)cc3c54)cc2)cc1. The summed E-state index contributed by atoms with van der Waals surface area (Å²) in [6.45, 7) is -0.187. The first kappa shape index (κ1) is 48.1. The fourth-order valence-corrected chi connectivity index (χ4v) is 13.2. The maximum Gasteiger partial charge on any atom is 0.252 e. The lowest BCUT2D eigenvalue weighted by atomic mass is 9.33. The molecule has 0 spiro atoms. The molecular formula is C78H53BN4. The molecule has 0 unspecified atom stereocenters. The van der Waals surface area contributed by atoms with E-state index in [1.165, 1.54) is 72.1 Å². The van der Waals surface area contributed by atoms with Crippen molar-refractivity contribution < 1.29 is 0 Å². The first-order chi connectivity index (χ1) is 41.2. The lowest BCUT2D eigenvalue weighted by Gasteiger charge is -2.46. The van der Waals surface area contributed by atoms with Crippen LogP contribution >= 0.6 is 0 Å². The summed E-state index contributed by atoms with van der Waals surface area (Å²) in [6.07, 6.45) is 0. The summed E-state index contributed by atoms with van der Waals surface area (Å²) in [4.78, 5) is 10.0. The molecule has 0 N–H and O–H groups in total. The van der Waals surface area contributed by atoms with E-state index in [-0.39, 0.29) is 6.71 Å². The van der Waals surface area contributed by atoms with Gasteiger partial charge in [-0.25, -0.2) is 0 Å². The third kappa shape index (κ3) is 8.16. The van der Waals surface area contributed by atoms with Gasteiger partial charge in [-0.3, -0.25) is 0 Å². The minimum absolute atomic E-state index is 0.187. The van der Waals surface area contributed by atoms with E-state index < -0.39 is 0 Å². The van der Waals surface area contributed by atoms with Gasteiger partial charge in [0, 0.05) is 68.0 Å². The maximum absolute atomic E-state index is 2.64. The summed E-state index contributed by atoms with van der Waals surface area (Å²) in [7, 11) is 0. The molecule has 3 aliphatic rings. The Balaban J connectivity index is 1.05. The molecule has 0 aliphatic carbocycles. The Hall–Kier alpha value is -10.9. The van der Waals surface area contributed by atoms with Gasteiger partial charge in [0.25, 0.3) is 6.71 Å². The molecule has 13 aromatic rings. The second-order valence-corrected chi connectivity index (χ2v) is 21.6. The van der Waals surface area contributed by atoms with Gasteiger partial charge in [0.1, 0.15) is 0 Å². The molecule has 13 aromatic carbocycles. The first-order valence-electron chi connectivity index (χ1n) is 28.6. The van der Waals surface area contributed by atoms with Crippen molar-refractivity contribution in [3.8, 4) is 55.6 Å². The molecule has 388 valence electrons. The van der Waals surface area contributed by atoms with E-state index in [0.717, 1.165) is 68.1 Å². The van der Waals surface area contributed by atoms with Gasteiger partial charge in [-0.2, -0.15) is 0 Å². The molecule has 3 aliphatic heterocycles. The summed E-state index contributed by atoms with van der Waals surface area (Å²) < 4.78 is 0. The smallest absolute Gasteiger partial charge is 0.252 e. The number of benzene rings is 13. The van der Waals surface area contributed by atoms with Gasteiger partial charge < -0.3 is 19.6 Å². The van der Waals surface area contributed by atoms with Crippen LogP contribution in [0.15, 0.2) is 322 Å². The molecule has 16 rings (SSSR count). The lowest BCUT2D eigenvalue weighted by molar-refractivity contribution is 1.22. The Morgan fingerprint density at radius 2 is 0.639 bits per heavy atom. The minimum atomic E-state index is -0.187. The van der Waals surface area contributed by atoms with Crippen LogP contribution in [0.3, 0.4) is 0 Å². The average molecular weight is 1060 g/mol. The van der Waals surface area contributed by atoms with Gasteiger partial charge in [0.15, 0.2) is 0 Å². The summed E-state index contributed by atoms with van der Waals surface area (Å²) in [5.74, 6) is 0. The van der Waals surface area contributed by atoms with Crippen molar-refractivity contribution in [1.82, 2.24) is 0 Å². The fraction of sp³-hybridized carbons (Fsp3) is 0. The average Bonchev–Trinajstić information content (AvgIpc) is 2.05. The van der Waals surface area contributed by atoms with Crippen LogP contribution in [-0.2, 0) is 0 Å². The van der Waals surface area contributed by atoms with Crippen LogP contribution in [0.25, 0.3) is 55.6 Å². The largest absolute Gasteiger partial charge is 0.311 e. The van der Waals surface area contributed by atoms with Crippen LogP contribution in [0.2, 0.25) is 0 Å². The Morgan fingerprint density at radius 1 is 0.229 bits per heavy atom. The van der Waals surface area contributed by atoms with Crippen molar-refractivity contribution in [2.75, 3.05) is 19.6 Å². The van der Waals surface area contributed by atoms with Crippen LogP contribution in [0.4, 0.5) is 68.2 Å². The van der Waals surface area contributed by atoms with Gasteiger partial charge >= 0.3 is 0 Å². The zero-order chi connectivity index (χ0) is 54.8. The second-order valence-electron chi connectivity index (χ2n) is 21.6. The Labute approximate surface area is 485 Å². The van der Waals surface area contributed by atoms with Crippen LogP contribution in [0.1, 0.15) is 0 Å². The van der Waals surface area contributed by atoms with E-state index in [9.17, 15) is 0 Å². The standard InChI is InChI=1S/C78H53BN4/c1-8-24-54(25-9-1)57-40-43-64(44-41-57)82-74-51-65(80(60-30-14-4-15-31-60)61-32-16-5-17-33-61)45-46-71(74)79-72-50-59(56-28-12-3-13-29-56)49-70-68-39-23-22-38-67(68)69-48-58(55-26-10-2-11-27-55)42-47-73(69)83(78(70)72)76-53-66(52-75(82)77(76)79)81(62-34-18-6-19-35-62)63-36-20-7-21-37-63/h1-53H. The molecule has 83 heavy (non-hydrogen) atoms. The van der Waals surface area contributed by atoms with Crippen molar-refractivity contribution in [3.63, 3.8) is 0 Å². The Kier molecular flexibility index (Phi) is 11.6. The summed E-state index contributed by atoms with van der Waals surface area (Å²) in [5.41, 5.74) is 28.8. The van der Waals surface area contributed by atoms with Crippen molar-refractivity contribution in [1.29, 1.82) is 0 Å². The van der Waals surface area contributed by atoms with E-state index in [2.05, 4.69) is 341 Å². The number of hydrogen-bond acceptors (Lipinski definition) is 4. The quantitative estimate of drug-likeness (QED) is 0.127. The monoisotopic (exact) mass is 1060 g/mol. The van der Waals surface area contributed by atoms with Gasteiger partial charge in [-0.15, -0.1) is 0 Å². The highest BCUT2D eigenvalue weighted by molar-refractivity contribution is 7.00. The van der Waals surface area contributed by atoms with Gasteiger partial charge in [0.2, 0.25) is 0 Å². The second kappa shape index (κ2) is 20.0. The summed E-state index contributed by atoms with van der Waals surface area (Å²) in [6, 6.07) is 118. The van der Waals surface area contributed by atoms with Crippen LogP contribution in [-0.4, -0.2) is 6.71 Å². The highest BCUT2D eigenvalue weighted by Crippen LogP contribution is 2.56. The van der Waals surface area contributed by atoms with E-state index >= 15 is 0 Å². The van der Waals surface area contributed by atoms with E-state index in [1.807, 2.05) is 0 Å². The minimum Gasteiger partial charge on any atom is -0.311 e. The predicted molar refractivity (Wildman–Crippen MR) is 351 cm³/mol. The summed E-state index contributed by atoms with van der Waals surface area (Å²) >= 11 is 0. The Morgan fingerprint density at radius 3 is 1.18 bits per heavy atom. The van der Waals surface area contributed by atoms with Crippen molar-refractivity contribution in [3.05, 3.63) is 322 Å². The lowest BCUT2D eigenvalue weighted by Crippen LogP contribution is -2.61. The van der Waals surface area contributed by atoms with Gasteiger partial charge in [0.05, 0.1) is 11.4 Å². The third-order valence-corrected chi connectivity index (χ3v) is 16.9. The molecule has 0 radical (unpaired) electrons. The zero-order valence-electron chi connectivity index (χ0n) is 45.5. The van der Waals surface area contributed by atoms with E-state index in [0.29, 0.717) is 0 Å². The van der Waals surface area contributed by atoms with Crippen molar-refractivity contribution in [2.45, 2.75) is 0 Å². The third-order valence-electron chi connectivity index (χ3n) is 16.9. The molecule has 0 aromatic heterocycles. The topological polar surface area (TPSA) is 13.0 Å². The zero-order valence-corrected chi connectivity index (χ0v) is 45.5. The highest BCUT2D eigenvalue weighted by Gasteiger charge is 2.46. The normalized spacial score (nSPS) is 12.3. The molecule has 0 bridgehead atoms. The molecule has 5 heteroatoms. The predicted octanol–water partition coefficient (Wildman–Crippen LogP) is 19.4. The molecule has 0 saturated heterocycles. The number of hydrogen-bond donors (Lipinski definition) is 0. The molecule has 0 saturated carbocycles. The summed E-state index contributed by atoms with van der Waals surface area (Å²) in [5, 5.41) is 0. The maximum atomic E-state index is 2.64. The fourth-order valence-electron chi connectivity index (χ4n) is 13.2. The van der Waals surface area contributed by atoms with Crippen molar-refractivity contribution >= 4 is 91.3 Å². The van der Waals surface area contributed by atoms with Crippen molar-refractivity contribution in [2.24, 2.45) is 0 Å². The number of rotatable bonds is 10. The molecule has 4 nitrogen and oxygen atoms in total. The highest BCUT2D eigenvalue weighted by atomic mass is 15.2. The molecular weight excluding hydrogens is 1000 g/mol. The van der Waals surface area contributed by atoms with Crippen LogP contribution in [0, 0.1) is 0 Å². The molecule has 0 fully saturated rings. The number of fused-ring (bicyclic) bond motifs is 9. The first-order valence-corrected chi connectivity index (χ1v) is 28.6.